The van der Waals surface area contributed by atoms with E-state index in [1.54, 1.807) is 18.2 Å². The fourth-order valence-electron chi connectivity index (χ4n) is 4.04. The molecule has 35 heavy (non-hydrogen) atoms. The predicted octanol–water partition coefficient (Wildman–Crippen LogP) is 4.09. The van der Waals surface area contributed by atoms with Crippen molar-refractivity contribution in [2.45, 2.75) is 24.8 Å². The molecule has 0 fully saturated rings. The monoisotopic (exact) mass is 492 g/mol. The van der Waals surface area contributed by atoms with Crippen LogP contribution in [0, 0.1) is 6.92 Å². The van der Waals surface area contributed by atoms with E-state index in [0.717, 1.165) is 16.7 Å². The number of hydrogen-bond donors (Lipinski definition) is 1. The number of methoxy groups -OCH3 is 2. The first-order valence-electron chi connectivity index (χ1n) is 11.2. The molecule has 7 nitrogen and oxygen atoms in total. The van der Waals surface area contributed by atoms with E-state index in [2.05, 4.69) is 5.32 Å². The average molecular weight is 493 g/mol. The van der Waals surface area contributed by atoms with E-state index >= 15 is 0 Å². The van der Waals surface area contributed by atoms with Crippen LogP contribution in [0.4, 0.5) is 5.69 Å². The minimum atomic E-state index is -3.94. The van der Waals surface area contributed by atoms with Crippen molar-refractivity contribution in [3.63, 3.8) is 0 Å². The quantitative estimate of drug-likeness (QED) is 0.479. The molecule has 1 heterocycles. The summed E-state index contributed by atoms with van der Waals surface area (Å²) in [5, 5.41) is 2.83. The number of nitrogens with one attached hydrogen (secondary N) is 1. The standard InChI is InChI=1S/C27H28N2O5S/c1-19-8-10-20(11-9-19)18-28-26(30)13-12-21-16-24(33-2)27(34-3)25(17-21)35(31,32)29-15-14-22-6-4-5-7-23(22)29/h4-13,16-17H,14-15,18H2,1-3H3,(H,28,30). The lowest BCUT2D eigenvalue weighted by Gasteiger charge is -2.22. The van der Waals surface area contributed by atoms with Crippen molar-refractivity contribution in [1.29, 1.82) is 0 Å². The maximum atomic E-state index is 13.7. The Kier molecular flexibility index (Phi) is 7.12. The van der Waals surface area contributed by atoms with Crippen LogP contribution in [-0.2, 0) is 27.8 Å². The number of carbonyl (C=O) groups excluding carboxylic acids is 1. The summed E-state index contributed by atoms with van der Waals surface area (Å²) in [6.07, 6.45) is 3.57. The van der Waals surface area contributed by atoms with Gasteiger partial charge in [-0.15, -0.1) is 0 Å². The number of fused-ring (bicyclic) bond motifs is 1. The van der Waals surface area contributed by atoms with Crippen LogP contribution in [-0.4, -0.2) is 35.1 Å². The molecule has 0 saturated heterocycles. The molecule has 0 radical (unpaired) electrons. The van der Waals surface area contributed by atoms with Crippen LogP contribution in [0.15, 0.2) is 71.6 Å². The first kappa shape index (κ1) is 24.3. The number of ether oxygens (including phenoxy) is 2. The Morgan fingerprint density at radius 3 is 2.51 bits per heavy atom. The van der Waals surface area contributed by atoms with Crippen LogP contribution < -0.4 is 19.1 Å². The number of para-hydroxylation sites is 1. The zero-order valence-electron chi connectivity index (χ0n) is 19.9. The van der Waals surface area contributed by atoms with Crippen LogP contribution in [0.5, 0.6) is 11.5 Å². The van der Waals surface area contributed by atoms with Crippen LogP contribution in [0.1, 0.15) is 22.3 Å². The number of rotatable bonds is 8. The summed E-state index contributed by atoms with van der Waals surface area (Å²) in [5.41, 5.74) is 4.27. The van der Waals surface area contributed by atoms with Gasteiger partial charge in [-0.2, -0.15) is 0 Å². The smallest absolute Gasteiger partial charge is 0.268 e. The molecular weight excluding hydrogens is 464 g/mol. The molecule has 1 N–H and O–H groups in total. The SMILES string of the molecule is COc1cc(C=CC(=O)NCc2ccc(C)cc2)cc(S(=O)(=O)N2CCc3ccccc32)c1OC. The van der Waals surface area contributed by atoms with Gasteiger partial charge in [-0.25, -0.2) is 8.42 Å². The van der Waals surface area contributed by atoms with E-state index in [1.165, 1.54) is 30.7 Å². The normalized spacial score (nSPS) is 13.1. The van der Waals surface area contributed by atoms with Gasteiger partial charge in [-0.05, 0) is 54.3 Å². The number of sulfonamides is 1. The van der Waals surface area contributed by atoms with Crippen molar-refractivity contribution >= 4 is 27.7 Å². The second-order valence-corrected chi connectivity index (χ2v) is 10.1. The number of anilines is 1. The number of hydrogen-bond acceptors (Lipinski definition) is 5. The predicted molar refractivity (Wildman–Crippen MR) is 136 cm³/mol. The fraction of sp³-hybridized carbons (Fsp3) is 0.222. The van der Waals surface area contributed by atoms with Crippen molar-refractivity contribution in [3.05, 3.63) is 89.0 Å². The Balaban J connectivity index is 1.61. The van der Waals surface area contributed by atoms with Gasteiger partial charge in [0.25, 0.3) is 10.0 Å². The van der Waals surface area contributed by atoms with Gasteiger partial charge in [-0.3, -0.25) is 9.10 Å². The summed E-state index contributed by atoms with van der Waals surface area (Å²) in [6, 6.07) is 18.5. The Morgan fingerprint density at radius 2 is 1.80 bits per heavy atom. The molecule has 0 unspecified atom stereocenters. The first-order valence-corrected chi connectivity index (χ1v) is 12.7. The van der Waals surface area contributed by atoms with Crippen molar-refractivity contribution < 1.29 is 22.7 Å². The highest BCUT2D eigenvalue weighted by Crippen LogP contribution is 2.40. The molecular formula is C27H28N2O5S. The Labute approximate surface area is 206 Å². The molecule has 8 heteroatoms. The average Bonchev–Trinajstić information content (AvgIpc) is 3.31. The highest BCUT2D eigenvalue weighted by atomic mass is 32.2. The zero-order chi connectivity index (χ0) is 25.0. The maximum absolute atomic E-state index is 13.7. The highest BCUT2D eigenvalue weighted by molar-refractivity contribution is 7.93. The van der Waals surface area contributed by atoms with Crippen molar-refractivity contribution in [3.8, 4) is 11.5 Å². The summed E-state index contributed by atoms with van der Waals surface area (Å²) >= 11 is 0. The molecule has 0 spiro atoms. The molecule has 0 bridgehead atoms. The molecule has 4 rings (SSSR count). The van der Waals surface area contributed by atoms with E-state index in [-0.39, 0.29) is 22.3 Å². The summed E-state index contributed by atoms with van der Waals surface area (Å²) in [6.45, 7) is 2.74. The summed E-state index contributed by atoms with van der Waals surface area (Å²) in [7, 11) is -1.09. The summed E-state index contributed by atoms with van der Waals surface area (Å²) in [5.74, 6) is 0.0943. The van der Waals surface area contributed by atoms with E-state index in [1.807, 2.05) is 49.4 Å². The molecule has 0 atom stereocenters. The van der Waals surface area contributed by atoms with Gasteiger partial charge in [0.15, 0.2) is 11.5 Å². The van der Waals surface area contributed by atoms with Gasteiger partial charge in [0, 0.05) is 19.2 Å². The Morgan fingerprint density at radius 1 is 1.06 bits per heavy atom. The van der Waals surface area contributed by atoms with Crippen molar-refractivity contribution in [1.82, 2.24) is 5.32 Å². The lowest BCUT2D eigenvalue weighted by Crippen LogP contribution is -2.29. The zero-order valence-corrected chi connectivity index (χ0v) is 20.8. The Bertz CT molecular complexity index is 1360. The van der Waals surface area contributed by atoms with Gasteiger partial charge in [0.1, 0.15) is 4.90 Å². The lowest BCUT2D eigenvalue weighted by atomic mass is 10.1. The van der Waals surface area contributed by atoms with Gasteiger partial charge in [0.05, 0.1) is 19.9 Å². The van der Waals surface area contributed by atoms with Gasteiger partial charge >= 0.3 is 0 Å². The summed E-state index contributed by atoms with van der Waals surface area (Å²) < 4.78 is 39.7. The molecule has 0 aliphatic carbocycles. The van der Waals surface area contributed by atoms with Gasteiger partial charge in [0.2, 0.25) is 5.91 Å². The topological polar surface area (TPSA) is 84.9 Å². The molecule has 0 saturated carbocycles. The van der Waals surface area contributed by atoms with E-state index in [9.17, 15) is 13.2 Å². The minimum Gasteiger partial charge on any atom is -0.493 e. The largest absolute Gasteiger partial charge is 0.493 e. The number of aryl methyl sites for hydroxylation is 1. The third kappa shape index (κ3) is 5.17. The van der Waals surface area contributed by atoms with Crippen molar-refractivity contribution in [2.24, 2.45) is 0 Å². The lowest BCUT2D eigenvalue weighted by molar-refractivity contribution is -0.116. The van der Waals surface area contributed by atoms with Gasteiger partial charge in [-0.1, -0.05) is 48.0 Å². The molecule has 1 aliphatic rings. The molecule has 0 aromatic heterocycles. The minimum absolute atomic E-state index is 0.0178. The molecule has 3 aromatic carbocycles. The van der Waals surface area contributed by atoms with E-state index in [4.69, 9.17) is 9.47 Å². The molecule has 1 aliphatic heterocycles. The van der Waals surface area contributed by atoms with E-state index < -0.39 is 10.0 Å². The second-order valence-electron chi connectivity index (χ2n) is 8.25. The van der Waals surface area contributed by atoms with Crippen LogP contribution in [0.25, 0.3) is 6.08 Å². The molecule has 182 valence electrons. The van der Waals surface area contributed by atoms with Crippen LogP contribution in [0.3, 0.4) is 0 Å². The number of nitrogens with zero attached hydrogens (tertiary/aromatic N) is 1. The third-order valence-corrected chi connectivity index (χ3v) is 7.71. The highest BCUT2D eigenvalue weighted by Gasteiger charge is 2.34. The number of carbonyl (C=O) groups is 1. The molecule has 3 aromatic rings. The maximum Gasteiger partial charge on any atom is 0.268 e. The van der Waals surface area contributed by atoms with Crippen molar-refractivity contribution in [2.75, 3.05) is 25.1 Å². The first-order chi connectivity index (χ1) is 16.8. The number of benzene rings is 3. The van der Waals surface area contributed by atoms with Crippen LogP contribution >= 0.6 is 0 Å². The fourth-order valence-corrected chi connectivity index (χ4v) is 5.75. The number of amides is 1. The molecule has 1 amide bonds. The Hall–Kier alpha value is -3.78. The summed E-state index contributed by atoms with van der Waals surface area (Å²) in [4.78, 5) is 12.4. The van der Waals surface area contributed by atoms with Crippen LogP contribution in [0.2, 0.25) is 0 Å². The van der Waals surface area contributed by atoms with Gasteiger partial charge < -0.3 is 14.8 Å². The third-order valence-electron chi connectivity index (χ3n) is 5.89. The second kappa shape index (κ2) is 10.2. The van der Waals surface area contributed by atoms with E-state index in [0.29, 0.717) is 30.8 Å².